The number of allylic oxidation sites excluding steroid dienone is 4. The Bertz CT molecular complexity index is 356. The Morgan fingerprint density at radius 1 is 1.33 bits per heavy atom. The van der Waals surface area contributed by atoms with Crippen LogP contribution < -0.4 is 5.32 Å². The molecule has 3 unspecified atom stereocenters. The zero-order valence-electron chi connectivity index (χ0n) is 9.07. The number of thioether (sulfide) groups is 1. The van der Waals surface area contributed by atoms with E-state index in [0.29, 0.717) is 0 Å². The van der Waals surface area contributed by atoms with E-state index >= 15 is 0 Å². The summed E-state index contributed by atoms with van der Waals surface area (Å²) >= 11 is 2.17. The number of hydrogen-bond donors (Lipinski definition) is 1. The van der Waals surface area contributed by atoms with Gasteiger partial charge in [0.15, 0.2) is 0 Å². The van der Waals surface area contributed by atoms with Crippen molar-refractivity contribution < 1.29 is 0 Å². The molecule has 1 aliphatic heterocycles. The highest BCUT2D eigenvalue weighted by Gasteiger charge is 2.50. The molecule has 3 aliphatic rings. The SMILES string of the molecule is [13CH3]NC12CC=CCC1SC1CC=CC=C12. The molecule has 0 saturated carbocycles. The van der Waals surface area contributed by atoms with E-state index in [1.165, 1.54) is 12.8 Å². The third kappa shape index (κ3) is 1.28. The molecule has 2 aliphatic carbocycles. The fourth-order valence-electron chi connectivity index (χ4n) is 3.08. The van der Waals surface area contributed by atoms with Gasteiger partial charge in [0.25, 0.3) is 0 Å². The average molecular weight is 220 g/mol. The molecule has 0 radical (unpaired) electrons. The molecule has 0 spiro atoms. The van der Waals surface area contributed by atoms with Crippen molar-refractivity contribution in [1.82, 2.24) is 5.32 Å². The Morgan fingerprint density at radius 3 is 3.13 bits per heavy atom. The quantitative estimate of drug-likeness (QED) is 0.538. The zero-order valence-corrected chi connectivity index (χ0v) is 9.89. The molecule has 3 rings (SSSR count). The number of hydrogen-bond acceptors (Lipinski definition) is 2. The predicted molar refractivity (Wildman–Crippen MR) is 67.2 cm³/mol. The lowest BCUT2D eigenvalue weighted by molar-refractivity contribution is 0.395. The standard InChI is InChI=1S/C13H17NS/c1-14-13-9-5-4-8-12(13)15-11-7-3-2-6-10(11)13/h2-6,11-12,14H,7-9H2,1H3/i1+1. The van der Waals surface area contributed by atoms with Gasteiger partial charge in [0.1, 0.15) is 0 Å². The topological polar surface area (TPSA) is 12.0 Å². The van der Waals surface area contributed by atoms with Crippen molar-refractivity contribution in [2.45, 2.75) is 35.3 Å². The summed E-state index contributed by atoms with van der Waals surface area (Å²) in [4.78, 5) is 0. The van der Waals surface area contributed by atoms with Crippen molar-refractivity contribution in [1.29, 1.82) is 0 Å². The molecule has 2 heteroatoms. The smallest absolute Gasteiger partial charge is 0.0564 e. The van der Waals surface area contributed by atoms with Gasteiger partial charge in [0.05, 0.1) is 5.54 Å². The highest BCUT2D eigenvalue weighted by atomic mass is 32.2. The number of rotatable bonds is 1. The van der Waals surface area contributed by atoms with E-state index in [0.717, 1.165) is 16.9 Å². The van der Waals surface area contributed by atoms with Gasteiger partial charge < -0.3 is 5.32 Å². The maximum absolute atomic E-state index is 3.60. The number of fused-ring (bicyclic) bond motifs is 3. The second kappa shape index (κ2) is 3.53. The van der Waals surface area contributed by atoms with Crippen LogP contribution in [0.15, 0.2) is 36.0 Å². The molecule has 0 aromatic rings. The Kier molecular flexibility index (Phi) is 2.29. The van der Waals surface area contributed by atoms with E-state index < -0.39 is 0 Å². The molecule has 1 heterocycles. The molecular weight excluding hydrogens is 203 g/mol. The molecule has 0 aromatic heterocycles. The van der Waals surface area contributed by atoms with Crippen LogP contribution in [0.1, 0.15) is 19.3 Å². The third-order valence-electron chi connectivity index (χ3n) is 3.90. The van der Waals surface area contributed by atoms with Gasteiger partial charge in [-0.2, -0.15) is 0 Å². The molecule has 3 atom stereocenters. The first-order chi connectivity index (χ1) is 7.37. The summed E-state index contributed by atoms with van der Waals surface area (Å²) in [5.41, 5.74) is 1.89. The van der Waals surface area contributed by atoms with E-state index in [4.69, 9.17) is 0 Å². The summed E-state index contributed by atoms with van der Waals surface area (Å²) in [5.74, 6) is 0. The molecule has 15 heavy (non-hydrogen) atoms. The minimum Gasteiger partial charge on any atom is -0.310 e. The minimum atomic E-state index is 0.259. The maximum Gasteiger partial charge on any atom is 0.0564 e. The second-order valence-corrected chi connectivity index (χ2v) is 5.94. The summed E-state index contributed by atoms with van der Waals surface area (Å²) in [5, 5.41) is 5.07. The fraction of sp³-hybridized carbons (Fsp3) is 0.538. The fourth-order valence-corrected chi connectivity index (χ4v) is 4.93. The van der Waals surface area contributed by atoms with Crippen LogP contribution in [0.3, 0.4) is 0 Å². The Balaban J connectivity index is 2.04. The van der Waals surface area contributed by atoms with Gasteiger partial charge in [-0.05, 0) is 31.9 Å². The zero-order chi connectivity index (χ0) is 10.3. The van der Waals surface area contributed by atoms with E-state index in [1.807, 2.05) is 0 Å². The molecule has 0 bridgehead atoms. The molecule has 1 nitrogen and oxygen atoms in total. The van der Waals surface area contributed by atoms with E-state index in [2.05, 4.69) is 54.5 Å². The molecule has 1 fully saturated rings. The lowest BCUT2D eigenvalue weighted by Gasteiger charge is -2.37. The minimum absolute atomic E-state index is 0.259. The van der Waals surface area contributed by atoms with Gasteiger partial charge in [0, 0.05) is 10.5 Å². The Hall–Kier alpha value is -0.470. The van der Waals surface area contributed by atoms with E-state index in [-0.39, 0.29) is 5.54 Å². The van der Waals surface area contributed by atoms with Crippen LogP contribution in [0.4, 0.5) is 0 Å². The molecule has 80 valence electrons. The van der Waals surface area contributed by atoms with Gasteiger partial charge in [-0.15, -0.1) is 11.8 Å². The molecule has 1 saturated heterocycles. The van der Waals surface area contributed by atoms with Crippen LogP contribution in [0, 0.1) is 0 Å². The molecular formula is C13H17NS. The summed E-state index contributed by atoms with van der Waals surface area (Å²) < 4.78 is 0. The lowest BCUT2D eigenvalue weighted by Crippen LogP contribution is -2.51. The van der Waals surface area contributed by atoms with Gasteiger partial charge in [-0.3, -0.25) is 0 Å². The van der Waals surface area contributed by atoms with Crippen molar-refractivity contribution in [2.24, 2.45) is 0 Å². The Morgan fingerprint density at radius 2 is 2.27 bits per heavy atom. The number of likely N-dealkylation sites (N-methyl/N-ethyl adjacent to an activating group) is 1. The highest BCUT2D eigenvalue weighted by molar-refractivity contribution is 8.01. The summed E-state index contributed by atoms with van der Waals surface area (Å²) in [7, 11) is 2.12. The van der Waals surface area contributed by atoms with Crippen molar-refractivity contribution in [3.05, 3.63) is 36.0 Å². The molecule has 1 N–H and O–H groups in total. The second-order valence-electron chi connectivity index (χ2n) is 4.53. The normalized spacial score (nSPS) is 42.3. The summed E-state index contributed by atoms with van der Waals surface area (Å²) in [6.45, 7) is 0. The van der Waals surface area contributed by atoms with Gasteiger partial charge in [0.2, 0.25) is 0 Å². The summed E-state index contributed by atoms with van der Waals surface area (Å²) in [6, 6.07) is 0. The van der Waals surface area contributed by atoms with Crippen LogP contribution in [-0.2, 0) is 0 Å². The van der Waals surface area contributed by atoms with E-state index in [9.17, 15) is 0 Å². The number of nitrogens with one attached hydrogen (secondary N) is 1. The van der Waals surface area contributed by atoms with Gasteiger partial charge in [-0.25, -0.2) is 0 Å². The summed E-state index contributed by atoms with van der Waals surface area (Å²) in [6.07, 6.45) is 15.2. The van der Waals surface area contributed by atoms with Crippen LogP contribution in [0.2, 0.25) is 0 Å². The van der Waals surface area contributed by atoms with Crippen molar-refractivity contribution in [2.75, 3.05) is 7.05 Å². The Labute approximate surface area is 95.7 Å². The monoisotopic (exact) mass is 220 g/mol. The maximum atomic E-state index is 3.60. The first kappa shape index (κ1) is 9.73. The third-order valence-corrected chi connectivity index (χ3v) is 5.60. The first-order valence-electron chi connectivity index (χ1n) is 5.73. The van der Waals surface area contributed by atoms with E-state index in [1.54, 1.807) is 5.57 Å². The predicted octanol–water partition coefficient (Wildman–Crippen LogP) is 2.66. The van der Waals surface area contributed by atoms with Crippen molar-refractivity contribution in [3.8, 4) is 0 Å². The average Bonchev–Trinajstić information content (AvgIpc) is 2.64. The van der Waals surface area contributed by atoms with Gasteiger partial charge >= 0.3 is 0 Å². The first-order valence-corrected chi connectivity index (χ1v) is 6.68. The largest absolute Gasteiger partial charge is 0.310 e. The lowest BCUT2D eigenvalue weighted by atomic mass is 9.76. The van der Waals surface area contributed by atoms with Gasteiger partial charge in [-0.1, -0.05) is 30.4 Å². The van der Waals surface area contributed by atoms with Crippen molar-refractivity contribution >= 4 is 11.8 Å². The van der Waals surface area contributed by atoms with Crippen molar-refractivity contribution in [3.63, 3.8) is 0 Å². The molecule has 0 amide bonds. The highest BCUT2D eigenvalue weighted by Crippen LogP contribution is 2.52. The van der Waals surface area contributed by atoms with Crippen LogP contribution in [0.5, 0.6) is 0 Å². The molecule has 0 aromatic carbocycles. The van der Waals surface area contributed by atoms with Crippen LogP contribution >= 0.6 is 11.8 Å². The van der Waals surface area contributed by atoms with Crippen LogP contribution in [-0.4, -0.2) is 23.1 Å². The van der Waals surface area contributed by atoms with Crippen LogP contribution in [0.25, 0.3) is 0 Å².